The van der Waals surface area contributed by atoms with Crippen molar-refractivity contribution in [2.24, 2.45) is 0 Å². The van der Waals surface area contributed by atoms with Crippen LogP contribution in [0.1, 0.15) is 57.2 Å². The van der Waals surface area contributed by atoms with Gasteiger partial charge in [-0.3, -0.25) is 13.9 Å². The molecule has 4 aromatic rings. The Labute approximate surface area is 272 Å². The van der Waals surface area contributed by atoms with E-state index < -0.39 is 45.8 Å². The molecule has 0 fully saturated rings. The Hall–Kier alpha value is -4.50. The lowest BCUT2D eigenvalue weighted by Crippen LogP contribution is -2.56. The Bertz CT molecular complexity index is 1720. The third-order valence-electron chi connectivity index (χ3n) is 7.53. The fourth-order valence-corrected chi connectivity index (χ4v) is 6.53. The lowest BCUT2D eigenvalue weighted by molar-refractivity contribution is -0.140. The lowest BCUT2D eigenvalue weighted by atomic mass is 10.0. The van der Waals surface area contributed by atoms with Crippen molar-refractivity contribution < 1.29 is 22.4 Å². The Morgan fingerprint density at radius 1 is 0.804 bits per heavy atom. The number of hydrogen-bond acceptors (Lipinski definition) is 4. The minimum absolute atomic E-state index is 0.0164. The highest BCUT2D eigenvalue weighted by molar-refractivity contribution is 7.92. The van der Waals surface area contributed by atoms with Crippen molar-refractivity contribution in [2.45, 2.75) is 70.0 Å². The summed E-state index contributed by atoms with van der Waals surface area (Å²) in [5.41, 5.74) is 1.68. The van der Waals surface area contributed by atoms with Gasteiger partial charge in [0.2, 0.25) is 11.8 Å². The lowest BCUT2D eigenvalue weighted by Gasteiger charge is -2.35. The number of anilines is 1. The Morgan fingerprint density at radius 3 is 1.93 bits per heavy atom. The summed E-state index contributed by atoms with van der Waals surface area (Å²) < 4.78 is 44.4. The highest BCUT2D eigenvalue weighted by Crippen LogP contribution is 2.27. The van der Waals surface area contributed by atoms with Crippen LogP contribution in [0.3, 0.4) is 0 Å². The van der Waals surface area contributed by atoms with E-state index in [0.717, 1.165) is 15.4 Å². The summed E-state index contributed by atoms with van der Waals surface area (Å²) in [6.07, 6.45) is 0.136. The molecule has 1 N–H and O–H groups in total. The maximum atomic E-state index is 15.1. The molecule has 0 radical (unpaired) electrons. The first-order valence-electron chi connectivity index (χ1n) is 15.3. The van der Waals surface area contributed by atoms with E-state index in [1.54, 1.807) is 48.5 Å². The molecule has 0 heterocycles. The van der Waals surface area contributed by atoms with Gasteiger partial charge >= 0.3 is 0 Å². The number of carbonyl (C=O) groups is 2. The van der Waals surface area contributed by atoms with Gasteiger partial charge in [0.1, 0.15) is 18.4 Å². The van der Waals surface area contributed by atoms with Crippen molar-refractivity contribution in [3.63, 3.8) is 0 Å². The molecule has 9 heteroatoms. The van der Waals surface area contributed by atoms with Crippen LogP contribution >= 0.6 is 0 Å². The second kappa shape index (κ2) is 14.7. The number of hydrogen-bond donors (Lipinski definition) is 1. The van der Waals surface area contributed by atoms with E-state index in [0.29, 0.717) is 5.69 Å². The maximum absolute atomic E-state index is 15.1. The van der Waals surface area contributed by atoms with Crippen molar-refractivity contribution in [3.05, 3.63) is 132 Å². The van der Waals surface area contributed by atoms with Crippen LogP contribution in [0.5, 0.6) is 0 Å². The third-order valence-corrected chi connectivity index (χ3v) is 9.31. The second-order valence-corrected chi connectivity index (χ2v) is 14.5. The number of sulfonamides is 1. The van der Waals surface area contributed by atoms with E-state index in [2.05, 4.69) is 5.32 Å². The van der Waals surface area contributed by atoms with Gasteiger partial charge in [-0.05, 0) is 68.1 Å². The van der Waals surface area contributed by atoms with E-state index in [4.69, 9.17) is 0 Å². The van der Waals surface area contributed by atoms with Crippen molar-refractivity contribution >= 4 is 27.5 Å². The van der Waals surface area contributed by atoms with Crippen LogP contribution in [-0.2, 0) is 32.6 Å². The average Bonchev–Trinajstić information content (AvgIpc) is 3.02. The molecule has 0 saturated heterocycles. The molecule has 7 nitrogen and oxygen atoms in total. The van der Waals surface area contributed by atoms with Crippen LogP contribution in [0.2, 0.25) is 0 Å². The van der Waals surface area contributed by atoms with Gasteiger partial charge in [-0.15, -0.1) is 0 Å². The molecule has 1 atom stereocenters. The van der Waals surface area contributed by atoms with Gasteiger partial charge in [-0.2, -0.15) is 0 Å². The number of rotatable bonds is 12. The summed E-state index contributed by atoms with van der Waals surface area (Å²) in [5.74, 6) is -1.40. The van der Waals surface area contributed by atoms with Crippen molar-refractivity contribution in [3.8, 4) is 0 Å². The summed E-state index contributed by atoms with van der Waals surface area (Å²) in [5, 5.41) is 2.97. The van der Waals surface area contributed by atoms with Crippen LogP contribution in [-0.4, -0.2) is 43.3 Å². The molecule has 2 amide bonds. The third kappa shape index (κ3) is 8.81. The molecular weight excluding hydrogens is 601 g/mol. The first kappa shape index (κ1) is 34.4. The molecule has 4 rings (SSSR count). The number of nitrogens with one attached hydrogen (secondary N) is 1. The minimum Gasteiger partial charge on any atom is -0.350 e. The van der Waals surface area contributed by atoms with E-state index in [9.17, 15) is 18.0 Å². The SMILES string of the molecule is CC(C)c1ccc(N(CC(=O)N(Cc2ccccc2F)[C@@H](Cc2ccccc2)C(=O)NC(C)(C)C)S(=O)(=O)c2ccccc2)cc1. The molecule has 0 unspecified atom stereocenters. The van der Waals surface area contributed by atoms with E-state index in [-0.39, 0.29) is 29.3 Å². The van der Waals surface area contributed by atoms with Gasteiger partial charge in [0.05, 0.1) is 10.6 Å². The second-order valence-electron chi connectivity index (χ2n) is 12.6. The first-order chi connectivity index (χ1) is 21.8. The van der Waals surface area contributed by atoms with Gasteiger partial charge in [-0.1, -0.05) is 92.7 Å². The van der Waals surface area contributed by atoms with Crippen LogP contribution < -0.4 is 9.62 Å². The predicted molar refractivity (Wildman–Crippen MR) is 180 cm³/mol. The van der Waals surface area contributed by atoms with Crippen LogP contribution in [0.15, 0.2) is 114 Å². The van der Waals surface area contributed by atoms with E-state index in [1.807, 2.05) is 77.1 Å². The number of nitrogens with zero attached hydrogens (tertiary/aromatic N) is 2. The van der Waals surface area contributed by atoms with Crippen LogP contribution in [0, 0.1) is 5.82 Å². The topological polar surface area (TPSA) is 86.8 Å². The Balaban J connectivity index is 1.83. The summed E-state index contributed by atoms with van der Waals surface area (Å²) >= 11 is 0. The molecule has 0 aromatic heterocycles. The molecule has 0 aliphatic rings. The monoisotopic (exact) mass is 643 g/mol. The summed E-state index contributed by atoms with van der Waals surface area (Å²) in [4.78, 5) is 29.8. The molecule has 0 aliphatic heterocycles. The van der Waals surface area contributed by atoms with Crippen molar-refractivity contribution in [2.75, 3.05) is 10.8 Å². The molecule has 242 valence electrons. The zero-order valence-corrected chi connectivity index (χ0v) is 27.8. The molecule has 0 bridgehead atoms. The highest BCUT2D eigenvalue weighted by atomic mass is 32.2. The van der Waals surface area contributed by atoms with E-state index in [1.165, 1.54) is 23.1 Å². The largest absolute Gasteiger partial charge is 0.350 e. The van der Waals surface area contributed by atoms with Gasteiger partial charge in [0.25, 0.3) is 10.0 Å². The highest BCUT2D eigenvalue weighted by Gasteiger charge is 2.36. The minimum atomic E-state index is -4.22. The molecule has 4 aromatic carbocycles. The van der Waals surface area contributed by atoms with Gasteiger partial charge in [0.15, 0.2) is 0 Å². The van der Waals surface area contributed by atoms with Crippen LogP contribution in [0.25, 0.3) is 0 Å². The molecular formula is C37H42FN3O4S. The molecule has 0 saturated carbocycles. The summed E-state index contributed by atoms with van der Waals surface area (Å²) in [6, 6.07) is 29.1. The number of carbonyl (C=O) groups excluding carboxylic acids is 2. The zero-order valence-electron chi connectivity index (χ0n) is 27.0. The smallest absolute Gasteiger partial charge is 0.264 e. The average molecular weight is 644 g/mol. The zero-order chi connectivity index (χ0) is 33.5. The Kier molecular flexibility index (Phi) is 11.0. The first-order valence-corrected chi connectivity index (χ1v) is 16.8. The summed E-state index contributed by atoms with van der Waals surface area (Å²) in [7, 11) is -4.22. The van der Waals surface area contributed by atoms with Gasteiger partial charge < -0.3 is 10.2 Å². The standard InChI is InChI=1S/C37H42FN3O4S/c1-27(2)29-20-22-31(23-21-29)41(46(44,45)32-17-10-7-11-18-32)26-35(42)40(25-30-16-12-13-19-33(30)38)34(36(43)39-37(3,4)5)24-28-14-8-6-9-15-28/h6-23,27,34H,24-26H2,1-5H3,(H,39,43)/t34-/m0/s1. The summed E-state index contributed by atoms with van der Waals surface area (Å²) in [6.45, 7) is 8.72. The van der Waals surface area contributed by atoms with Crippen LogP contribution in [0.4, 0.5) is 10.1 Å². The molecule has 0 spiro atoms. The number of amides is 2. The van der Waals surface area contributed by atoms with Gasteiger partial charge in [0, 0.05) is 24.1 Å². The molecule has 0 aliphatic carbocycles. The number of benzene rings is 4. The van der Waals surface area contributed by atoms with E-state index >= 15 is 4.39 Å². The maximum Gasteiger partial charge on any atom is 0.264 e. The van der Waals surface area contributed by atoms with Gasteiger partial charge in [-0.25, -0.2) is 12.8 Å². The number of halogens is 1. The fraction of sp³-hybridized carbons (Fsp3) is 0.297. The van der Waals surface area contributed by atoms with Crippen molar-refractivity contribution in [1.29, 1.82) is 0 Å². The fourth-order valence-electron chi connectivity index (χ4n) is 5.09. The quantitative estimate of drug-likeness (QED) is 0.186. The predicted octanol–water partition coefficient (Wildman–Crippen LogP) is 6.70. The normalized spacial score (nSPS) is 12.4. The molecule has 46 heavy (non-hydrogen) atoms. The Morgan fingerprint density at radius 2 is 1.37 bits per heavy atom. The van der Waals surface area contributed by atoms with Crippen molar-refractivity contribution in [1.82, 2.24) is 10.2 Å².